The van der Waals surface area contributed by atoms with Crippen molar-refractivity contribution in [1.82, 2.24) is 10.2 Å². The van der Waals surface area contributed by atoms with Gasteiger partial charge in [0, 0.05) is 20.0 Å². The first-order chi connectivity index (χ1) is 7.93. The summed E-state index contributed by atoms with van der Waals surface area (Å²) in [5.74, 6) is -0.429. The van der Waals surface area contributed by atoms with Crippen molar-refractivity contribution in [3.63, 3.8) is 0 Å². The van der Waals surface area contributed by atoms with Crippen LogP contribution in [0.4, 0.5) is 0 Å². The maximum Gasteiger partial charge on any atom is 0.245 e. The van der Waals surface area contributed by atoms with Gasteiger partial charge in [0.15, 0.2) is 0 Å². The number of hydrogen-bond acceptors (Lipinski definition) is 3. The molecule has 0 saturated carbocycles. The van der Waals surface area contributed by atoms with Crippen LogP contribution in [0.3, 0.4) is 0 Å². The van der Waals surface area contributed by atoms with Crippen molar-refractivity contribution in [1.29, 1.82) is 0 Å². The minimum atomic E-state index is -0.556. The van der Waals surface area contributed by atoms with Crippen LogP contribution in [-0.4, -0.2) is 47.6 Å². The molecule has 0 aliphatic rings. The molecular weight excluding hydrogens is 220 g/mol. The largest absolute Gasteiger partial charge is 0.395 e. The Morgan fingerprint density at radius 3 is 2.41 bits per heavy atom. The summed E-state index contributed by atoms with van der Waals surface area (Å²) in [4.78, 5) is 24.7. The van der Waals surface area contributed by atoms with E-state index in [0.29, 0.717) is 6.54 Å². The van der Waals surface area contributed by atoms with Gasteiger partial charge in [-0.15, -0.1) is 6.58 Å². The van der Waals surface area contributed by atoms with E-state index in [4.69, 9.17) is 5.11 Å². The molecule has 0 saturated heterocycles. The number of nitrogens with zero attached hydrogens (tertiary/aromatic N) is 1. The Balaban J connectivity index is 4.75. The van der Waals surface area contributed by atoms with Crippen LogP contribution >= 0.6 is 0 Å². The van der Waals surface area contributed by atoms with Crippen LogP contribution < -0.4 is 5.32 Å². The van der Waals surface area contributed by atoms with Gasteiger partial charge in [-0.25, -0.2) is 0 Å². The molecule has 0 radical (unpaired) electrons. The maximum absolute atomic E-state index is 12.2. The summed E-state index contributed by atoms with van der Waals surface area (Å²) in [6.45, 7) is 9.18. The second-order valence-corrected chi connectivity index (χ2v) is 4.22. The number of aliphatic hydroxyl groups excluding tert-OH is 1. The Bertz CT molecular complexity index is 277. The SMILES string of the molecule is C=CCN(CCO)C(=O)C(NC(C)=O)C(C)C. The van der Waals surface area contributed by atoms with Gasteiger partial charge in [-0.05, 0) is 5.92 Å². The van der Waals surface area contributed by atoms with Crippen LogP contribution in [0.15, 0.2) is 12.7 Å². The fraction of sp³-hybridized carbons (Fsp3) is 0.667. The molecule has 0 spiro atoms. The molecule has 2 amide bonds. The summed E-state index contributed by atoms with van der Waals surface area (Å²) in [5, 5.41) is 11.5. The monoisotopic (exact) mass is 242 g/mol. The van der Waals surface area contributed by atoms with Gasteiger partial charge in [0.1, 0.15) is 6.04 Å². The quantitative estimate of drug-likeness (QED) is 0.625. The van der Waals surface area contributed by atoms with E-state index >= 15 is 0 Å². The minimum absolute atomic E-state index is 0.00240. The number of amides is 2. The molecule has 0 aliphatic heterocycles. The lowest BCUT2D eigenvalue weighted by Crippen LogP contribution is -2.51. The third-order valence-corrected chi connectivity index (χ3v) is 2.32. The van der Waals surface area contributed by atoms with E-state index in [1.54, 1.807) is 6.08 Å². The zero-order valence-electron chi connectivity index (χ0n) is 10.8. The van der Waals surface area contributed by atoms with Gasteiger partial charge < -0.3 is 15.3 Å². The number of nitrogens with one attached hydrogen (secondary N) is 1. The molecule has 2 N–H and O–H groups in total. The molecule has 5 nitrogen and oxygen atoms in total. The van der Waals surface area contributed by atoms with E-state index in [1.165, 1.54) is 11.8 Å². The lowest BCUT2D eigenvalue weighted by molar-refractivity contribution is -0.137. The number of carbonyl (C=O) groups is 2. The van der Waals surface area contributed by atoms with Crippen molar-refractivity contribution in [2.24, 2.45) is 5.92 Å². The smallest absolute Gasteiger partial charge is 0.245 e. The van der Waals surface area contributed by atoms with Crippen molar-refractivity contribution in [2.45, 2.75) is 26.8 Å². The zero-order chi connectivity index (χ0) is 13.4. The van der Waals surface area contributed by atoms with Crippen molar-refractivity contribution < 1.29 is 14.7 Å². The summed E-state index contributed by atoms with van der Waals surface area (Å²) >= 11 is 0. The van der Waals surface area contributed by atoms with E-state index in [1.807, 2.05) is 13.8 Å². The number of rotatable bonds is 7. The molecule has 0 aromatic rings. The highest BCUT2D eigenvalue weighted by molar-refractivity contribution is 5.87. The Morgan fingerprint density at radius 2 is 2.06 bits per heavy atom. The second-order valence-electron chi connectivity index (χ2n) is 4.22. The van der Waals surface area contributed by atoms with E-state index in [9.17, 15) is 9.59 Å². The number of hydrogen-bond donors (Lipinski definition) is 2. The molecule has 0 fully saturated rings. The molecule has 98 valence electrons. The van der Waals surface area contributed by atoms with Crippen LogP contribution in [0.1, 0.15) is 20.8 Å². The predicted octanol–water partition coefficient (Wildman–Crippen LogP) is 0.154. The standard InChI is InChI=1S/C12H22N2O3/c1-5-6-14(7-8-15)12(17)11(9(2)3)13-10(4)16/h5,9,11,15H,1,6-8H2,2-4H3,(H,13,16). The molecule has 0 aliphatic carbocycles. The van der Waals surface area contributed by atoms with Gasteiger partial charge in [0.05, 0.1) is 6.61 Å². The second kappa shape index (κ2) is 7.84. The van der Waals surface area contributed by atoms with E-state index in [2.05, 4.69) is 11.9 Å². The van der Waals surface area contributed by atoms with Gasteiger partial charge >= 0.3 is 0 Å². The molecule has 0 rings (SSSR count). The van der Waals surface area contributed by atoms with Gasteiger partial charge in [-0.2, -0.15) is 0 Å². The summed E-state index contributed by atoms with van der Waals surface area (Å²) < 4.78 is 0. The molecule has 1 atom stereocenters. The highest BCUT2D eigenvalue weighted by Gasteiger charge is 2.26. The zero-order valence-corrected chi connectivity index (χ0v) is 10.8. The molecular formula is C12H22N2O3. The van der Waals surface area contributed by atoms with Gasteiger partial charge in [0.25, 0.3) is 0 Å². The Hall–Kier alpha value is -1.36. The van der Waals surface area contributed by atoms with E-state index in [-0.39, 0.29) is 30.9 Å². The van der Waals surface area contributed by atoms with Crippen LogP contribution in [0, 0.1) is 5.92 Å². The van der Waals surface area contributed by atoms with Crippen molar-refractivity contribution in [2.75, 3.05) is 19.7 Å². The van der Waals surface area contributed by atoms with Crippen LogP contribution in [0.2, 0.25) is 0 Å². The molecule has 0 bridgehead atoms. The third kappa shape index (κ3) is 5.49. The Labute approximate surface area is 102 Å². The molecule has 0 aromatic carbocycles. The fourth-order valence-corrected chi connectivity index (χ4v) is 1.50. The van der Waals surface area contributed by atoms with Crippen molar-refractivity contribution in [3.05, 3.63) is 12.7 Å². The first-order valence-corrected chi connectivity index (χ1v) is 5.71. The average Bonchev–Trinajstić information content (AvgIpc) is 2.24. The molecule has 17 heavy (non-hydrogen) atoms. The topological polar surface area (TPSA) is 69.6 Å². The summed E-state index contributed by atoms with van der Waals surface area (Å²) in [5.41, 5.74) is 0. The predicted molar refractivity (Wildman–Crippen MR) is 66.3 cm³/mol. The molecule has 0 aromatic heterocycles. The minimum Gasteiger partial charge on any atom is -0.395 e. The van der Waals surface area contributed by atoms with Gasteiger partial charge in [-0.1, -0.05) is 19.9 Å². The van der Waals surface area contributed by atoms with Gasteiger partial charge in [-0.3, -0.25) is 9.59 Å². The number of carbonyl (C=O) groups excluding carboxylic acids is 2. The van der Waals surface area contributed by atoms with Crippen molar-refractivity contribution >= 4 is 11.8 Å². The van der Waals surface area contributed by atoms with Crippen molar-refractivity contribution in [3.8, 4) is 0 Å². The average molecular weight is 242 g/mol. The highest BCUT2D eigenvalue weighted by Crippen LogP contribution is 2.06. The molecule has 1 unspecified atom stereocenters. The first-order valence-electron chi connectivity index (χ1n) is 5.71. The highest BCUT2D eigenvalue weighted by atomic mass is 16.3. The summed E-state index contributed by atoms with van der Waals surface area (Å²) in [6.07, 6.45) is 1.60. The number of aliphatic hydroxyl groups is 1. The summed E-state index contributed by atoms with van der Waals surface area (Å²) in [6, 6.07) is -0.556. The fourth-order valence-electron chi connectivity index (χ4n) is 1.50. The summed E-state index contributed by atoms with van der Waals surface area (Å²) in [7, 11) is 0. The third-order valence-electron chi connectivity index (χ3n) is 2.32. The van der Waals surface area contributed by atoms with E-state index < -0.39 is 6.04 Å². The van der Waals surface area contributed by atoms with Crippen LogP contribution in [-0.2, 0) is 9.59 Å². The Kier molecular flexibility index (Phi) is 7.21. The lowest BCUT2D eigenvalue weighted by Gasteiger charge is -2.28. The molecule has 0 heterocycles. The van der Waals surface area contributed by atoms with E-state index in [0.717, 1.165) is 0 Å². The molecule has 5 heteroatoms. The lowest BCUT2D eigenvalue weighted by atomic mass is 10.0. The normalized spacial score (nSPS) is 12.1. The Morgan fingerprint density at radius 1 is 1.47 bits per heavy atom. The maximum atomic E-state index is 12.2. The van der Waals surface area contributed by atoms with Crippen LogP contribution in [0.5, 0.6) is 0 Å². The van der Waals surface area contributed by atoms with Gasteiger partial charge in [0.2, 0.25) is 11.8 Å². The van der Waals surface area contributed by atoms with Crippen LogP contribution in [0.25, 0.3) is 0 Å². The first kappa shape index (κ1) is 15.6.